The molecule has 0 radical (unpaired) electrons. The molecule has 6 heteroatoms. The van der Waals surface area contributed by atoms with Crippen LogP contribution in [0.5, 0.6) is 0 Å². The number of allylic oxidation sites excluding steroid dienone is 6. The molecule has 0 bridgehead atoms. The Kier molecular flexibility index (Phi) is 50.3. The van der Waals surface area contributed by atoms with E-state index in [1.54, 1.807) is 0 Å². The second kappa shape index (κ2) is 52.3. The lowest BCUT2D eigenvalue weighted by Crippen LogP contribution is -2.30. The van der Waals surface area contributed by atoms with Crippen LogP contribution in [-0.2, 0) is 28.6 Å². The summed E-state index contributed by atoms with van der Waals surface area (Å²) in [7, 11) is 0. The molecule has 0 amide bonds. The number of carbonyl (C=O) groups excluding carboxylic acids is 3. The van der Waals surface area contributed by atoms with E-state index in [4.69, 9.17) is 14.2 Å². The first-order chi connectivity index (χ1) is 31.0. The van der Waals surface area contributed by atoms with Crippen molar-refractivity contribution in [2.24, 2.45) is 0 Å². The fourth-order valence-electron chi connectivity index (χ4n) is 7.90. The molecule has 0 aromatic carbocycles. The molecule has 0 unspecified atom stereocenters. The predicted molar refractivity (Wildman–Crippen MR) is 270 cm³/mol. The fraction of sp³-hybridized carbons (Fsp3) is 0.842. The molecule has 0 saturated heterocycles. The molecule has 0 aliphatic rings. The van der Waals surface area contributed by atoms with Crippen molar-refractivity contribution >= 4 is 17.9 Å². The maximum atomic E-state index is 12.8. The van der Waals surface area contributed by atoms with E-state index in [2.05, 4.69) is 57.2 Å². The Morgan fingerprint density at radius 1 is 0.302 bits per heavy atom. The molecule has 0 N–H and O–H groups in total. The monoisotopic (exact) mass is 885 g/mol. The zero-order valence-corrected chi connectivity index (χ0v) is 42.1. The first kappa shape index (κ1) is 60.6. The van der Waals surface area contributed by atoms with Crippen LogP contribution in [0.2, 0.25) is 0 Å². The highest BCUT2D eigenvalue weighted by Gasteiger charge is 2.19. The number of esters is 3. The second-order valence-corrected chi connectivity index (χ2v) is 18.5. The Hall–Kier alpha value is -2.37. The molecule has 1 atom stereocenters. The van der Waals surface area contributed by atoms with Gasteiger partial charge in [0.15, 0.2) is 6.10 Å². The molecule has 0 saturated carbocycles. The third-order valence-electron chi connectivity index (χ3n) is 12.1. The second-order valence-electron chi connectivity index (χ2n) is 18.5. The van der Waals surface area contributed by atoms with Crippen molar-refractivity contribution in [1.29, 1.82) is 0 Å². The minimum absolute atomic E-state index is 0.0786. The topological polar surface area (TPSA) is 78.9 Å². The molecule has 0 fully saturated rings. The fourth-order valence-corrected chi connectivity index (χ4v) is 7.90. The van der Waals surface area contributed by atoms with Crippen LogP contribution in [0.1, 0.15) is 290 Å². The zero-order valence-electron chi connectivity index (χ0n) is 42.1. The predicted octanol–water partition coefficient (Wildman–Crippen LogP) is 18.1. The number of hydrogen-bond donors (Lipinski definition) is 0. The number of hydrogen-bond acceptors (Lipinski definition) is 6. The molecule has 0 aromatic heterocycles. The first-order valence-electron chi connectivity index (χ1n) is 27.5. The van der Waals surface area contributed by atoms with Gasteiger partial charge in [0.25, 0.3) is 0 Å². The summed E-state index contributed by atoms with van der Waals surface area (Å²) in [5.74, 6) is -0.888. The van der Waals surface area contributed by atoms with E-state index in [-0.39, 0.29) is 31.1 Å². The van der Waals surface area contributed by atoms with Gasteiger partial charge in [-0.15, -0.1) is 0 Å². The third-order valence-corrected chi connectivity index (χ3v) is 12.1. The summed E-state index contributed by atoms with van der Waals surface area (Å²) < 4.78 is 16.8. The van der Waals surface area contributed by atoms with E-state index >= 15 is 0 Å². The third kappa shape index (κ3) is 50.5. The van der Waals surface area contributed by atoms with Gasteiger partial charge in [0.1, 0.15) is 13.2 Å². The van der Waals surface area contributed by atoms with Crippen molar-refractivity contribution < 1.29 is 28.6 Å². The van der Waals surface area contributed by atoms with Crippen LogP contribution in [0.4, 0.5) is 0 Å². The lowest BCUT2D eigenvalue weighted by molar-refractivity contribution is -0.167. The maximum Gasteiger partial charge on any atom is 0.306 e. The van der Waals surface area contributed by atoms with E-state index in [0.717, 1.165) is 70.6 Å². The molecule has 63 heavy (non-hydrogen) atoms. The van der Waals surface area contributed by atoms with E-state index in [9.17, 15) is 14.4 Å². The van der Waals surface area contributed by atoms with Crippen LogP contribution in [-0.4, -0.2) is 37.2 Å². The number of rotatable bonds is 50. The summed E-state index contributed by atoms with van der Waals surface area (Å²) in [6.45, 7) is 6.62. The highest BCUT2D eigenvalue weighted by atomic mass is 16.6. The van der Waals surface area contributed by atoms with Gasteiger partial charge >= 0.3 is 17.9 Å². The van der Waals surface area contributed by atoms with Crippen LogP contribution >= 0.6 is 0 Å². The zero-order chi connectivity index (χ0) is 45.8. The Balaban J connectivity index is 4.37. The van der Waals surface area contributed by atoms with Gasteiger partial charge < -0.3 is 14.2 Å². The molecular formula is C57H104O6. The van der Waals surface area contributed by atoms with Crippen LogP contribution in [0.3, 0.4) is 0 Å². The number of carbonyl (C=O) groups is 3. The van der Waals surface area contributed by atoms with Crippen molar-refractivity contribution in [2.75, 3.05) is 13.2 Å². The smallest absolute Gasteiger partial charge is 0.306 e. The quantitative estimate of drug-likeness (QED) is 0.0262. The molecular weight excluding hydrogens is 781 g/mol. The van der Waals surface area contributed by atoms with Crippen molar-refractivity contribution in [3.8, 4) is 0 Å². The van der Waals surface area contributed by atoms with E-state index in [0.29, 0.717) is 19.3 Å². The maximum absolute atomic E-state index is 12.8. The van der Waals surface area contributed by atoms with Gasteiger partial charge in [0, 0.05) is 19.3 Å². The van der Waals surface area contributed by atoms with Crippen molar-refractivity contribution in [3.05, 3.63) is 36.5 Å². The first-order valence-corrected chi connectivity index (χ1v) is 27.5. The summed E-state index contributed by atoms with van der Waals surface area (Å²) in [4.78, 5) is 38.0. The molecule has 0 aliphatic heterocycles. The highest BCUT2D eigenvalue weighted by Crippen LogP contribution is 2.15. The summed E-state index contributed by atoms with van der Waals surface area (Å²) in [5, 5.41) is 0. The SMILES string of the molecule is CCCCCCC/C=C/CCCCCCCC(=O)OC[C@H](COC(=O)CCCCCCCCC/C=C/CCCCCCCC)OC(=O)CCCCCCC/C=C/CCCCCCC. The minimum atomic E-state index is -0.779. The van der Waals surface area contributed by atoms with Crippen LogP contribution in [0, 0.1) is 0 Å². The van der Waals surface area contributed by atoms with Crippen LogP contribution < -0.4 is 0 Å². The van der Waals surface area contributed by atoms with Gasteiger partial charge in [-0.05, 0) is 96.3 Å². The molecule has 0 spiro atoms. The Labute approximate surface area is 391 Å². The molecule has 0 rings (SSSR count). The Morgan fingerprint density at radius 2 is 0.524 bits per heavy atom. The number of ether oxygens (including phenoxy) is 3. The molecule has 0 aliphatic carbocycles. The van der Waals surface area contributed by atoms with Gasteiger partial charge in [-0.2, -0.15) is 0 Å². The molecule has 0 aromatic rings. The molecule has 6 nitrogen and oxygen atoms in total. The van der Waals surface area contributed by atoms with Crippen LogP contribution in [0.25, 0.3) is 0 Å². The van der Waals surface area contributed by atoms with E-state index < -0.39 is 6.10 Å². The lowest BCUT2D eigenvalue weighted by Gasteiger charge is -2.18. The molecule has 0 heterocycles. The Bertz CT molecular complexity index is 1060. The van der Waals surface area contributed by atoms with Gasteiger partial charge in [-0.3, -0.25) is 14.4 Å². The summed E-state index contributed by atoms with van der Waals surface area (Å²) >= 11 is 0. The van der Waals surface area contributed by atoms with Crippen molar-refractivity contribution in [1.82, 2.24) is 0 Å². The normalized spacial score (nSPS) is 12.2. The standard InChI is InChI=1S/C57H104O6/c1-4-7-10-13-16-19-22-25-28-29-30-33-35-38-41-44-47-50-56(59)62-53-54(63-57(60)51-48-45-42-39-36-32-27-24-21-18-15-12-9-6-3)52-61-55(58)49-46-43-40-37-34-31-26-23-20-17-14-11-8-5-2/h23-28,54H,4-22,29-53H2,1-3H3/b26-23+,27-24+,28-25+/t54-/m1/s1. The van der Waals surface area contributed by atoms with Crippen molar-refractivity contribution in [3.63, 3.8) is 0 Å². The van der Waals surface area contributed by atoms with Gasteiger partial charge in [-0.25, -0.2) is 0 Å². The van der Waals surface area contributed by atoms with Gasteiger partial charge in [-0.1, -0.05) is 211 Å². The van der Waals surface area contributed by atoms with Crippen molar-refractivity contribution in [2.45, 2.75) is 297 Å². The van der Waals surface area contributed by atoms with Gasteiger partial charge in [0.05, 0.1) is 0 Å². The lowest BCUT2D eigenvalue weighted by atomic mass is 10.1. The van der Waals surface area contributed by atoms with Gasteiger partial charge in [0.2, 0.25) is 0 Å². The summed E-state index contributed by atoms with van der Waals surface area (Å²) in [5.41, 5.74) is 0. The Morgan fingerprint density at radius 3 is 0.794 bits per heavy atom. The minimum Gasteiger partial charge on any atom is -0.462 e. The highest BCUT2D eigenvalue weighted by molar-refractivity contribution is 5.71. The van der Waals surface area contributed by atoms with E-state index in [1.807, 2.05) is 0 Å². The largest absolute Gasteiger partial charge is 0.462 e. The summed E-state index contributed by atoms with van der Waals surface area (Å²) in [6.07, 6.45) is 61.2. The average molecular weight is 885 g/mol. The van der Waals surface area contributed by atoms with E-state index in [1.165, 1.54) is 180 Å². The van der Waals surface area contributed by atoms with Crippen LogP contribution in [0.15, 0.2) is 36.5 Å². The molecule has 368 valence electrons. The summed E-state index contributed by atoms with van der Waals surface area (Å²) in [6, 6.07) is 0. The average Bonchev–Trinajstić information content (AvgIpc) is 3.28. The number of unbranched alkanes of at least 4 members (excludes halogenated alkanes) is 33.